The van der Waals surface area contributed by atoms with Gasteiger partial charge in [0.1, 0.15) is 6.61 Å². The van der Waals surface area contributed by atoms with Gasteiger partial charge >= 0.3 is 0 Å². The maximum absolute atomic E-state index is 5.92. The molecule has 154 valence electrons. The number of rotatable bonds is 11. The van der Waals surface area contributed by atoms with E-state index in [9.17, 15) is 0 Å². The van der Waals surface area contributed by atoms with Gasteiger partial charge in [-0.25, -0.2) is 4.99 Å². The smallest absolute Gasteiger partial charge is 0.190 e. The van der Waals surface area contributed by atoms with Gasteiger partial charge in [-0.05, 0) is 36.4 Å². The van der Waals surface area contributed by atoms with Crippen LogP contribution in [0.5, 0.6) is 0 Å². The Morgan fingerprint density at radius 1 is 0.800 bits per heavy atom. The fourth-order valence-corrected chi connectivity index (χ4v) is 8.11. The average molecular weight is 470 g/mol. The van der Waals surface area contributed by atoms with Crippen LogP contribution in [0.2, 0.25) is 0 Å². The van der Waals surface area contributed by atoms with Crippen molar-refractivity contribution in [2.24, 2.45) is 4.99 Å². The van der Waals surface area contributed by atoms with Gasteiger partial charge in [0.05, 0.1) is 10.3 Å². The third-order valence-corrected chi connectivity index (χ3v) is 10.0. The minimum Gasteiger partial charge on any atom is -0.476 e. The van der Waals surface area contributed by atoms with Gasteiger partial charge in [-0.15, -0.1) is 0 Å². The summed E-state index contributed by atoms with van der Waals surface area (Å²) >= 11 is 0. The van der Waals surface area contributed by atoms with Crippen molar-refractivity contribution in [3.05, 3.63) is 104 Å². The lowest BCUT2D eigenvalue weighted by atomic mass is 10.3. The van der Waals surface area contributed by atoms with Crippen LogP contribution in [0.15, 0.2) is 118 Å². The molecular formula is C24H23NOS4. The van der Waals surface area contributed by atoms with Gasteiger partial charge in [-0.1, -0.05) is 110 Å². The van der Waals surface area contributed by atoms with Crippen molar-refractivity contribution in [3.8, 4) is 0 Å². The fourth-order valence-electron chi connectivity index (χ4n) is 2.34. The molecule has 0 bridgehead atoms. The van der Waals surface area contributed by atoms with Gasteiger partial charge < -0.3 is 4.74 Å². The van der Waals surface area contributed by atoms with Crippen LogP contribution in [0.25, 0.3) is 0 Å². The molecule has 0 radical (unpaired) electrons. The summed E-state index contributed by atoms with van der Waals surface area (Å²) in [5.74, 6) is 0.730. The van der Waals surface area contributed by atoms with Crippen molar-refractivity contribution in [2.75, 3.05) is 6.61 Å². The summed E-state index contributed by atoms with van der Waals surface area (Å²) < 4.78 is 6.17. The first-order valence-corrected chi connectivity index (χ1v) is 13.9. The molecule has 30 heavy (non-hydrogen) atoms. The lowest BCUT2D eigenvalue weighted by molar-refractivity contribution is 0.341. The summed E-state index contributed by atoms with van der Waals surface area (Å²) in [7, 11) is 7.25. The fraction of sp³-hybridized carbons (Fsp3) is 0.125. The predicted octanol–water partition coefficient (Wildman–Crippen LogP) is 8.52. The van der Waals surface area contributed by atoms with Gasteiger partial charge in [0, 0.05) is 16.2 Å². The lowest BCUT2D eigenvalue weighted by Gasteiger charge is -2.16. The summed E-state index contributed by atoms with van der Waals surface area (Å²) in [5.41, 5.74) is 0.900. The molecule has 0 unspecified atom stereocenters. The third-order valence-electron chi connectivity index (χ3n) is 3.71. The first-order chi connectivity index (χ1) is 14.8. The largest absolute Gasteiger partial charge is 0.476 e. The Morgan fingerprint density at radius 3 is 1.80 bits per heavy atom. The minimum absolute atomic E-state index is 0.257. The predicted molar refractivity (Wildman–Crippen MR) is 138 cm³/mol. The first kappa shape index (κ1) is 22.9. The van der Waals surface area contributed by atoms with E-state index in [1.165, 1.54) is 9.79 Å². The first-order valence-electron chi connectivity index (χ1n) is 9.46. The molecule has 0 atom stereocenters. The highest BCUT2D eigenvalue weighted by atomic mass is 33.1. The van der Waals surface area contributed by atoms with Crippen molar-refractivity contribution in [3.63, 3.8) is 0 Å². The van der Waals surface area contributed by atoms with Crippen LogP contribution in [0.1, 0.15) is 6.42 Å². The van der Waals surface area contributed by atoms with Gasteiger partial charge in [0.15, 0.2) is 5.90 Å². The zero-order valence-electron chi connectivity index (χ0n) is 16.4. The summed E-state index contributed by atoms with van der Waals surface area (Å²) in [6, 6.07) is 30.8. The van der Waals surface area contributed by atoms with Crippen LogP contribution < -0.4 is 0 Å². The third kappa shape index (κ3) is 8.56. The molecule has 3 aromatic rings. The number of para-hydroxylation sites is 1. The van der Waals surface area contributed by atoms with Crippen LogP contribution in [0, 0.1) is 0 Å². The number of ether oxygens (including phenoxy) is 1. The van der Waals surface area contributed by atoms with Crippen molar-refractivity contribution in [1.82, 2.24) is 0 Å². The van der Waals surface area contributed by atoms with E-state index in [1.54, 1.807) is 27.7 Å². The summed E-state index contributed by atoms with van der Waals surface area (Å²) in [5, 5.41) is 0. The maximum Gasteiger partial charge on any atom is 0.190 e. The number of aliphatic imine (C=N–C) groups is 1. The minimum atomic E-state index is 0.257. The standard InChI is InChI=1S/C24H23NOS4/c1-2-18-26-23(25-20-12-6-3-7-13-20)19-24(29-27-21-14-8-4-9-15-21)30-28-22-16-10-5-11-17-22/h2-17,24H,1,18-19H2. The zero-order valence-corrected chi connectivity index (χ0v) is 19.7. The highest BCUT2D eigenvalue weighted by Crippen LogP contribution is 2.47. The normalized spacial score (nSPS) is 11.4. The molecule has 3 rings (SSSR count). The molecule has 3 aromatic carbocycles. The van der Waals surface area contributed by atoms with E-state index in [1.807, 2.05) is 64.1 Å². The van der Waals surface area contributed by atoms with E-state index in [2.05, 4.69) is 55.1 Å². The number of benzene rings is 3. The molecule has 0 aromatic heterocycles. The van der Waals surface area contributed by atoms with Gasteiger partial charge in [0.25, 0.3) is 0 Å². The Hall–Kier alpha value is -1.73. The van der Waals surface area contributed by atoms with Crippen LogP contribution in [-0.4, -0.2) is 17.1 Å². The molecule has 0 saturated carbocycles. The van der Waals surface area contributed by atoms with E-state index in [4.69, 9.17) is 9.73 Å². The molecule has 0 spiro atoms. The number of nitrogens with zero attached hydrogens (tertiary/aromatic N) is 1. The molecule has 0 fully saturated rings. The SMILES string of the molecule is C=CCOC(CC(SSc1ccccc1)SSc1ccccc1)=Nc1ccccc1. The summed E-state index contributed by atoms with van der Waals surface area (Å²) in [6.45, 7) is 4.22. The van der Waals surface area contributed by atoms with Crippen molar-refractivity contribution < 1.29 is 4.74 Å². The zero-order chi connectivity index (χ0) is 20.9. The highest BCUT2D eigenvalue weighted by Gasteiger charge is 2.17. The average Bonchev–Trinajstić information content (AvgIpc) is 2.81. The number of hydrogen-bond donors (Lipinski definition) is 0. The van der Waals surface area contributed by atoms with E-state index in [0.717, 1.165) is 18.0 Å². The Labute approximate surface area is 194 Å². The molecule has 0 heterocycles. The van der Waals surface area contributed by atoms with E-state index in [-0.39, 0.29) is 4.58 Å². The second-order valence-electron chi connectivity index (χ2n) is 6.06. The van der Waals surface area contributed by atoms with Crippen LogP contribution in [-0.2, 0) is 4.74 Å². The van der Waals surface area contributed by atoms with Crippen LogP contribution in [0.4, 0.5) is 5.69 Å². The number of hydrogen-bond acceptors (Lipinski definition) is 6. The molecular weight excluding hydrogens is 447 g/mol. The van der Waals surface area contributed by atoms with E-state index >= 15 is 0 Å². The molecule has 2 nitrogen and oxygen atoms in total. The Kier molecular flexibility index (Phi) is 10.4. The lowest BCUT2D eigenvalue weighted by Crippen LogP contribution is -2.10. The monoisotopic (exact) mass is 469 g/mol. The highest BCUT2D eigenvalue weighted by molar-refractivity contribution is 8.85. The van der Waals surface area contributed by atoms with E-state index < -0.39 is 0 Å². The van der Waals surface area contributed by atoms with Gasteiger partial charge in [0.2, 0.25) is 0 Å². The molecule has 0 N–H and O–H groups in total. The van der Waals surface area contributed by atoms with Crippen LogP contribution >= 0.6 is 43.2 Å². The summed E-state index contributed by atoms with van der Waals surface area (Å²) in [6.07, 6.45) is 2.48. The molecule has 0 aliphatic rings. The molecule has 0 aliphatic carbocycles. The Morgan fingerprint density at radius 2 is 1.30 bits per heavy atom. The van der Waals surface area contributed by atoms with Crippen molar-refractivity contribution in [2.45, 2.75) is 20.8 Å². The molecule has 0 amide bonds. The van der Waals surface area contributed by atoms with Gasteiger partial charge in [-0.3, -0.25) is 0 Å². The molecule has 0 aliphatic heterocycles. The van der Waals surface area contributed by atoms with E-state index in [0.29, 0.717) is 6.61 Å². The quantitative estimate of drug-likeness (QED) is 0.0920. The second-order valence-corrected chi connectivity index (χ2v) is 11.3. The van der Waals surface area contributed by atoms with Crippen LogP contribution in [0.3, 0.4) is 0 Å². The van der Waals surface area contributed by atoms with Crippen molar-refractivity contribution in [1.29, 1.82) is 0 Å². The molecule has 0 saturated heterocycles. The Balaban J connectivity index is 1.71. The second kappa shape index (κ2) is 13.5. The van der Waals surface area contributed by atoms with Crippen molar-refractivity contribution >= 4 is 54.8 Å². The Bertz CT molecular complexity index is 861. The molecule has 6 heteroatoms. The van der Waals surface area contributed by atoms with Gasteiger partial charge in [-0.2, -0.15) is 0 Å². The topological polar surface area (TPSA) is 21.6 Å². The summed E-state index contributed by atoms with van der Waals surface area (Å²) in [4.78, 5) is 7.23. The maximum atomic E-state index is 5.92.